The summed E-state index contributed by atoms with van der Waals surface area (Å²) in [6, 6.07) is 20.6. The molecule has 31 heavy (non-hydrogen) atoms. The summed E-state index contributed by atoms with van der Waals surface area (Å²) in [6.45, 7) is 0. The minimum Gasteiger partial charge on any atom is -0.493 e. The van der Waals surface area contributed by atoms with Crippen LogP contribution in [0.3, 0.4) is 0 Å². The van der Waals surface area contributed by atoms with E-state index in [4.69, 9.17) is 14.2 Å². The summed E-state index contributed by atoms with van der Waals surface area (Å²) in [6.07, 6.45) is 0. The van der Waals surface area contributed by atoms with E-state index >= 15 is 0 Å². The zero-order chi connectivity index (χ0) is 21.8. The molecular formula is C24H23N3O4. The van der Waals surface area contributed by atoms with Gasteiger partial charge in [-0.2, -0.15) is 0 Å². The number of aromatic nitrogens is 1. The third-order valence-electron chi connectivity index (χ3n) is 4.93. The van der Waals surface area contributed by atoms with Gasteiger partial charge in [-0.05, 0) is 6.07 Å². The highest BCUT2D eigenvalue weighted by Gasteiger charge is 2.17. The Morgan fingerprint density at radius 2 is 1.45 bits per heavy atom. The molecule has 158 valence electrons. The Balaban J connectivity index is 1.67. The Kier molecular flexibility index (Phi) is 5.66. The molecule has 3 N–H and O–H groups in total. The summed E-state index contributed by atoms with van der Waals surface area (Å²) >= 11 is 0. The lowest BCUT2D eigenvalue weighted by Crippen LogP contribution is -2.19. The van der Waals surface area contributed by atoms with Crippen LogP contribution < -0.4 is 24.8 Å². The largest absolute Gasteiger partial charge is 0.493 e. The quantitative estimate of drug-likeness (QED) is 0.386. The topological polar surface area (TPSA) is 84.6 Å². The molecule has 0 aliphatic carbocycles. The van der Waals surface area contributed by atoms with Crippen LogP contribution in [0.15, 0.2) is 66.7 Å². The van der Waals surface area contributed by atoms with E-state index in [1.165, 1.54) is 21.3 Å². The predicted octanol–water partition coefficient (Wildman–Crippen LogP) is 5.50. The monoisotopic (exact) mass is 417 g/mol. The van der Waals surface area contributed by atoms with Crippen LogP contribution in [0.4, 0.5) is 16.2 Å². The number of benzene rings is 3. The summed E-state index contributed by atoms with van der Waals surface area (Å²) < 4.78 is 16.1. The van der Waals surface area contributed by atoms with Crippen LogP contribution in [0.2, 0.25) is 0 Å². The highest BCUT2D eigenvalue weighted by Crippen LogP contribution is 2.40. The van der Waals surface area contributed by atoms with Crippen molar-refractivity contribution in [3.05, 3.63) is 66.7 Å². The molecule has 0 spiro atoms. The Morgan fingerprint density at radius 1 is 0.806 bits per heavy atom. The highest BCUT2D eigenvalue weighted by atomic mass is 16.5. The molecule has 4 aromatic rings. The molecule has 4 rings (SSSR count). The summed E-state index contributed by atoms with van der Waals surface area (Å²) in [5, 5.41) is 6.75. The maximum Gasteiger partial charge on any atom is 0.323 e. The first-order chi connectivity index (χ1) is 15.1. The van der Waals surface area contributed by atoms with Crippen molar-refractivity contribution in [2.75, 3.05) is 32.0 Å². The first-order valence-electron chi connectivity index (χ1n) is 9.68. The average Bonchev–Trinajstić information content (AvgIpc) is 3.17. The lowest BCUT2D eigenvalue weighted by atomic mass is 10.1. The summed E-state index contributed by atoms with van der Waals surface area (Å²) in [7, 11) is 4.58. The molecule has 0 unspecified atom stereocenters. The number of para-hydroxylation sites is 1. The van der Waals surface area contributed by atoms with E-state index in [0.29, 0.717) is 28.6 Å². The van der Waals surface area contributed by atoms with Gasteiger partial charge in [-0.25, -0.2) is 4.79 Å². The van der Waals surface area contributed by atoms with E-state index in [1.54, 1.807) is 12.1 Å². The summed E-state index contributed by atoms with van der Waals surface area (Å²) in [4.78, 5) is 16.3. The van der Waals surface area contributed by atoms with Crippen molar-refractivity contribution in [1.82, 2.24) is 4.98 Å². The second-order valence-electron chi connectivity index (χ2n) is 6.78. The first-order valence-corrected chi connectivity index (χ1v) is 9.68. The Bertz CT molecular complexity index is 1190. The lowest BCUT2D eigenvalue weighted by Gasteiger charge is -2.15. The van der Waals surface area contributed by atoms with Crippen molar-refractivity contribution in [3.8, 4) is 28.5 Å². The van der Waals surface area contributed by atoms with Gasteiger partial charge < -0.3 is 29.8 Å². The van der Waals surface area contributed by atoms with Crippen molar-refractivity contribution in [2.45, 2.75) is 0 Å². The number of rotatable bonds is 6. The molecule has 0 aliphatic rings. The number of carbonyl (C=O) groups is 1. The fraction of sp³-hybridized carbons (Fsp3) is 0.125. The fourth-order valence-corrected chi connectivity index (χ4v) is 3.52. The van der Waals surface area contributed by atoms with Crippen molar-refractivity contribution in [3.63, 3.8) is 0 Å². The van der Waals surface area contributed by atoms with Crippen molar-refractivity contribution in [1.29, 1.82) is 0 Å². The van der Waals surface area contributed by atoms with Gasteiger partial charge in [0, 0.05) is 28.6 Å². The number of methoxy groups -OCH3 is 3. The second-order valence-corrected chi connectivity index (χ2v) is 6.78. The third kappa shape index (κ3) is 3.98. The number of ether oxygens (including phenoxy) is 3. The zero-order valence-corrected chi connectivity index (χ0v) is 17.5. The van der Waals surface area contributed by atoms with E-state index in [9.17, 15) is 4.79 Å². The van der Waals surface area contributed by atoms with Crippen LogP contribution in [0.5, 0.6) is 17.2 Å². The standard InChI is InChI=1S/C24H23N3O4/c1-29-19-13-16(14-20(30-2)23(19)31-3)25-24(28)27-22-17-11-7-8-12-18(17)26-21(22)15-9-5-4-6-10-15/h4-14,26H,1-3H3,(H2,25,27,28). The SMILES string of the molecule is COc1cc(NC(=O)Nc2c(-c3ccccc3)[nH]c3ccccc23)cc(OC)c1OC. The van der Waals surface area contributed by atoms with E-state index in [2.05, 4.69) is 15.6 Å². The lowest BCUT2D eigenvalue weighted by molar-refractivity contribution is 0.262. The van der Waals surface area contributed by atoms with Gasteiger partial charge in [0.25, 0.3) is 0 Å². The first kappa shape index (κ1) is 20.2. The van der Waals surface area contributed by atoms with E-state index in [-0.39, 0.29) is 0 Å². The normalized spacial score (nSPS) is 10.5. The van der Waals surface area contributed by atoms with Crippen molar-refractivity contribution < 1.29 is 19.0 Å². The average molecular weight is 417 g/mol. The fourth-order valence-electron chi connectivity index (χ4n) is 3.52. The van der Waals surface area contributed by atoms with Gasteiger partial charge in [0.05, 0.1) is 38.4 Å². The van der Waals surface area contributed by atoms with Crippen LogP contribution in [0.1, 0.15) is 0 Å². The number of hydrogen-bond acceptors (Lipinski definition) is 4. The number of aromatic amines is 1. The molecule has 7 nitrogen and oxygen atoms in total. The molecule has 0 aliphatic heterocycles. The van der Waals surface area contributed by atoms with Gasteiger partial charge in [0.15, 0.2) is 11.5 Å². The number of fused-ring (bicyclic) bond motifs is 1. The van der Waals surface area contributed by atoms with Gasteiger partial charge in [0.1, 0.15) is 0 Å². The van der Waals surface area contributed by atoms with Gasteiger partial charge >= 0.3 is 6.03 Å². The number of amides is 2. The van der Waals surface area contributed by atoms with Crippen molar-refractivity contribution in [2.24, 2.45) is 0 Å². The molecular weight excluding hydrogens is 394 g/mol. The summed E-state index contributed by atoms with van der Waals surface area (Å²) in [5.74, 6) is 1.36. The van der Waals surface area contributed by atoms with Gasteiger partial charge in [0.2, 0.25) is 5.75 Å². The predicted molar refractivity (Wildman–Crippen MR) is 122 cm³/mol. The Hall–Kier alpha value is -4.13. The van der Waals surface area contributed by atoms with Gasteiger partial charge in [-0.1, -0.05) is 48.5 Å². The number of nitrogens with one attached hydrogen (secondary N) is 3. The molecule has 1 aromatic heterocycles. The molecule has 0 saturated heterocycles. The number of hydrogen-bond donors (Lipinski definition) is 3. The molecule has 0 fully saturated rings. The van der Waals surface area contributed by atoms with Crippen molar-refractivity contribution >= 4 is 28.3 Å². The molecule has 0 atom stereocenters. The van der Waals surface area contributed by atoms with Crippen LogP contribution >= 0.6 is 0 Å². The molecule has 3 aromatic carbocycles. The molecule has 1 heterocycles. The van der Waals surface area contributed by atoms with E-state index in [1.807, 2.05) is 54.6 Å². The van der Waals surface area contributed by atoms with Crippen LogP contribution in [0, 0.1) is 0 Å². The highest BCUT2D eigenvalue weighted by molar-refractivity contribution is 6.10. The van der Waals surface area contributed by atoms with E-state index < -0.39 is 6.03 Å². The van der Waals surface area contributed by atoms with Gasteiger partial charge in [-0.15, -0.1) is 0 Å². The molecule has 0 saturated carbocycles. The van der Waals surface area contributed by atoms with Crippen LogP contribution in [0.25, 0.3) is 22.2 Å². The minimum atomic E-state index is -0.392. The van der Waals surface area contributed by atoms with Gasteiger partial charge in [-0.3, -0.25) is 0 Å². The summed E-state index contributed by atoms with van der Waals surface area (Å²) in [5.41, 5.74) is 3.95. The maximum absolute atomic E-state index is 12.9. The molecule has 0 bridgehead atoms. The van der Waals surface area contributed by atoms with Crippen LogP contribution in [-0.4, -0.2) is 32.3 Å². The molecule has 0 radical (unpaired) electrons. The van der Waals surface area contributed by atoms with E-state index in [0.717, 1.165) is 22.2 Å². The number of carbonyl (C=O) groups excluding carboxylic acids is 1. The molecule has 2 amide bonds. The Labute approximate surface area is 179 Å². The zero-order valence-electron chi connectivity index (χ0n) is 17.5. The second kappa shape index (κ2) is 8.71. The Morgan fingerprint density at radius 3 is 2.10 bits per heavy atom. The molecule has 7 heteroatoms. The maximum atomic E-state index is 12.9. The third-order valence-corrected chi connectivity index (χ3v) is 4.93. The minimum absolute atomic E-state index is 0.392. The number of anilines is 2. The van der Waals surface area contributed by atoms with Crippen LogP contribution in [-0.2, 0) is 0 Å². The number of H-pyrrole nitrogens is 1. The smallest absolute Gasteiger partial charge is 0.323 e. The number of urea groups is 1.